The van der Waals surface area contributed by atoms with Crippen LogP contribution >= 0.6 is 11.3 Å². The lowest BCUT2D eigenvalue weighted by Crippen LogP contribution is -2.44. The summed E-state index contributed by atoms with van der Waals surface area (Å²) in [5.41, 5.74) is 5.28. The molecule has 4 N–H and O–H groups in total. The molecule has 0 amide bonds. The lowest BCUT2D eigenvalue weighted by atomic mass is 10.1. The minimum Gasteiger partial charge on any atom is -0.380 e. The third-order valence-electron chi connectivity index (χ3n) is 6.88. The number of anilines is 2. The van der Waals surface area contributed by atoms with Crippen molar-refractivity contribution >= 4 is 44.0 Å². The van der Waals surface area contributed by atoms with E-state index in [1.165, 1.54) is 5.69 Å². The third-order valence-corrected chi connectivity index (χ3v) is 7.81. The Hall–Kier alpha value is -2.88. The molecule has 2 fully saturated rings. The number of fused-ring (bicyclic) bond motifs is 2. The Balaban J connectivity index is 1.41. The Kier molecular flexibility index (Phi) is 5.32. The van der Waals surface area contributed by atoms with E-state index < -0.39 is 0 Å². The van der Waals surface area contributed by atoms with Crippen LogP contribution in [0.25, 0.3) is 32.6 Å². The number of piperidine rings is 1. The van der Waals surface area contributed by atoms with Gasteiger partial charge < -0.3 is 30.4 Å². The number of thiophene rings is 1. The van der Waals surface area contributed by atoms with Crippen LogP contribution in [0.15, 0.2) is 34.4 Å². The normalized spacial score (nSPS) is 18.4. The molecule has 172 valence electrons. The number of nitrogens with one attached hydrogen (secondary N) is 4. The van der Waals surface area contributed by atoms with Crippen molar-refractivity contribution < 1.29 is 0 Å². The summed E-state index contributed by atoms with van der Waals surface area (Å²) in [5.74, 6) is 0.619. The summed E-state index contributed by atoms with van der Waals surface area (Å²) in [5, 5.41) is 9.15. The average Bonchev–Trinajstić information content (AvgIpc) is 3.46. The van der Waals surface area contributed by atoms with Crippen molar-refractivity contribution in [2.75, 3.05) is 56.5 Å². The minimum atomic E-state index is -0.115. The molecule has 0 atom stereocenters. The van der Waals surface area contributed by atoms with E-state index >= 15 is 0 Å². The van der Waals surface area contributed by atoms with E-state index in [1.807, 2.05) is 11.4 Å². The molecule has 0 aliphatic carbocycles. The maximum atomic E-state index is 13.2. The highest BCUT2D eigenvalue weighted by Gasteiger charge is 2.23. The van der Waals surface area contributed by atoms with Gasteiger partial charge in [0.1, 0.15) is 11.4 Å². The zero-order valence-corrected chi connectivity index (χ0v) is 19.6. The minimum absolute atomic E-state index is 0.115. The molecular formula is C24H29N7OS. The summed E-state index contributed by atoms with van der Waals surface area (Å²) in [6.45, 7) is 6.14. The number of aromatic nitrogens is 3. The number of piperazine rings is 1. The summed E-state index contributed by atoms with van der Waals surface area (Å²) >= 11 is 1.65. The molecule has 5 heterocycles. The molecule has 3 aromatic heterocycles. The van der Waals surface area contributed by atoms with E-state index in [-0.39, 0.29) is 5.56 Å². The van der Waals surface area contributed by atoms with Crippen molar-refractivity contribution in [2.45, 2.75) is 18.9 Å². The third kappa shape index (κ3) is 3.90. The molecule has 33 heavy (non-hydrogen) atoms. The van der Waals surface area contributed by atoms with Gasteiger partial charge in [-0.05, 0) is 62.6 Å². The van der Waals surface area contributed by atoms with Gasteiger partial charge in [0.2, 0.25) is 0 Å². The highest BCUT2D eigenvalue weighted by Crippen LogP contribution is 2.35. The maximum Gasteiger partial charge on any atom is 0.261 e. The lowest BCUT2D eigenvalue weighted by Gasteiger charge is -2.34. The highest BCUT2D eigenvalue weighted by molar-refractivity contribution is 7.17. The lowest BCUT2D eigenvalue weighted by molar-refractivity contribution is 0.313. The Morgan fingerprint density at radius 1 is 1.06 bits per heavy atom. The molecule has 0 saturated carbocycles. The predicted octanol–water partition coefficient (Wildman–Crippen LogP) is 3.05. The van der Waals surface area contributed by atoms with Crippen LogP contribution in [0.5, 0.6) is 0 Å². The first kappa shape index (κ1) is 20.7. The molecule has 4 aromatic rings. The van der Waals surface area contributed by atoms with Crippen molar-refractivity contribution in [3.05, 3.63) is 40.0 Å². The second-order valence-electron chi connectivity index (χ2n) is 9.11. The molecule has 1 aromatic carbocycles. The number of aromatic amines is 2. The maximum absolute atomic E-state index is 13.2. The van der Waals surface area contributed by atoms with Gasteiger partial charge in [0, 0.05) is 37.9 Å². The molecule has 0 unspecified atom stereocenters. The molecule has 2 aliphatic heterocycles. The molecule has 0 bridgehead atoms. The molecule has 9 heteroatoms. The fourth-order valence-corrected chi connectivity index (χ4v) is 5.79. The first-order valence-corrected chi connectivity index (χ1v) is 12.6. The van der Waals surface area contributed by atoms with E-state index in [0.29, 0.717) is 17.4 Å². The standard InChI is InChI=1S/C24H29N7OS/c1-30-9-11-31(12-10-30)16-2-3-17-19(14-16)28-23(27-17)20-21(26-15-4-7-25-8-5-15)22-18(6-13-33-22)29-24(20)32/h2-3,6,13-15,25H,4-5,7-12H2,1H3,(H,27,28)(H2,26,29,32). The van der Waals surface area contributed by atoms with E-state index in [4.69, 9.17) is 4.98 Å². The first-order valence-electron chi connectivity index (χ1n) is 11.7. The number of hydrogen-bond acceptors (Lipinski definition) is 7. The number of benzene rings is 1. The molecule has 2 aliphatic rings. The SMILES string of the molecule is CN1CCN(c2ccc3nc(-c4c(NC5CCNCC5)c5sccc5[nH]c4=O)[nH]c3c2)CC1. The van der Waals surface area contributed by atoms with Crippen molar-refractivity contribution in [1.29, 1.82) is 0 Å². The van der Waals surface area contributed by atoms with Crippen LogP contribution in [-0.4, -0.2) is 72.2 Å². The van der Waals surface area contributed by atoms with Gasteiger partial charge in [0.15, 0.2) is 0 Å². The zero-order chi connectivity index (χ0) is 22.4. The second-order valence-corrected chi connectivity index (χ2v) is 10.0. The van der Waals surface area contributed by atoms with Crippen LogP contribution in [0.2, 0.25) is 0 Å². The van der Waals surface area contributed by atoms with Gasteiger partial charge in [-0.2, -0.15) is 0 Å². The van der Waals surface area contributed by atoms with Crippen LogP contribution in [0.4, 0.5) is 11.4 Å². The van der Waals surface area contributed by atoms with Gasteiger partial charge in [-0.1, -0.05) is 0 Å². The van der Waals surface area contributed by atoms with E-state index in [0.717, 1.165) is 79.0 Å². The number of hydrogen-bond donors (Lipinski definition) is 4. The van der Waals surface area contributed by atoms with Crippen molar-refractivity contribution in [3.63, 3.8) is 0 Å². The molecule has 8 nitrogen and oxygen atoms in total. The van der Waals surface area contributed by atoms with Gasteiger partial charge >= 0.3 is 0 Å². The summed E-state index contributed by atoms with van der Waals surface area (Å²) in [6, 6.07) is 8.67. The number of H-pyrrole nitrogens is 2. The summed E-state index contributed by atoms with van der Waals surface area (Å²) in [4.78, 5) is 29.4. The largest absolute Gasteiger partial charge is 0.380 e. The second kappa shape index (κ2) is 8.48. The molecular weight excluding hydrogens is 434 g/mol. The average molecular weight is 464 g/mol. The monoisotopic (exact) mass is 463 g/mol. The Morgan fingerprint density at radius 2 is 1.88 bits per heavy atom. The van der Waals surface area contributed by atoms with Crippen molar-refractivity contribution in [2.24, 2.45) is 0 Å². The van der Waals surface area contributed by atoms with Crippen molar-refractivity contribution in [1.82, 2.24) is 25.2 Å². The van der Waals surface area contributed by atoms with Crippen LogP contribution in [0, 0.1) is 0 Å². The van der Waals surface area contributed by atoms with Crippen LogP contribution in [0.3, 0.4) is 0 Å². The van der Waals surface area contributed by atoms with Crippen LogP contribution in [-0.2, 0) is 0 Å². The molecule has 6 rings (SSSR count). The smallest absolute Gasteiger partial charge is 0.261 e. The Morgan fingerprint density at radius 3 is 2.70 bits per heavy atom. The summed E-state index contributed by atoms with van der Waals surface area (Å²) in [7, 11) is 2.17. The van der Waals surface area contributed by atoms with Gasteiger partial charge in [-0.3, -0.25) is 4.79 Å². The summed E-state index contributed by atoms with van der Waals surface area (Å²) < 4.78 is 1.07. The fraction of sp³-hybridized carbons (Fsp3) is 0.417. The van der Waals surface area contributed by atoms with Crippen LogP contribution in [0.1, 0.15) is 12.8 Å². The van der Waals surface area contributed by atoms with E-state index in [9.17, 15) is 4.79 Å². The predicted molar refractivity (Wildman–Crippen MR) is 137 cm³/mol. The Bertz CT molecular complexity index is 1340. The Labute approximate surface area is 196 Å². The first-order chi connectivity index (χ1) is 16.2. The zero-order valence-electron chi connectivity index (χ0n) is 18.8. The number of rotatable bonds is 4. The van der Waals surface area contributed by atoms with E-state index in [1.54, 1.807) is 11.3 Å². The topological polar surface area (TPSA) is 92.1 Å². The highest BCUT2D eigenvalue weighted by atomic mass is 32.1. The summed E-state index contributed by atoms with van der Waals surface area (Å²) in [6.07, 6.45) is 2.07. The number of pyridine rings is 1. The molecule has 0 radical (unpaired) electrons. The van der Waals surface area contributed by atoms with Gasteiger partial charge in [-0.25, -0.2) is 4.98 Å². The van der Waals surface area contributed by atoms with Crippen LogP contribution < -0.4 is 21.1 Å². The van der Waals surface area contributed by atoms with Gasteiger partial charge in [-0.15, -0.1) is 11.3 Å². The van der Waals surface area contributed by atoms with Gasteiger partial charge in [0.25, 0.3) is 5.56 Å². The number of nitrogens with zero attached hydrogens (tertiary/aromatic N) is 3. The number of likely N-dealkylation sites (N-methyl/N-ethyl adjacent to an activating group) is 1. The van der Waals surface area contributed by atoms with E-state index in [2.05, 4.69) is 55.6 Å². The molecule has 2 saturated heterocycles. The van der Waals surface area contributed by atoms with Gasteiger partial charge in [0.05, 0.1) is 26.9 Å². The quantitative estimate of drug-likeness (QED) is 0.372. The molecule has 0 spiro atoms. The fourth-order valence-electron chi connectivity index (χ4n) is 4.92. The number of imidazole rings is 1. The van der Waals surface area contributed by atoms with Crippen molar-refractivity contribution in [3.8, 4) is 11.4 Å².